The second kappa shape index (κ2) is 8.42. The van der Waals surface area contributed by atoms with Gasteiger partial charge in [0.05, 0.1) is 5.56 Å². The van der Waals surface area contributed by atoms with E-state index < -0.39 is 0 Å². The van der Waals surface area contributed by atoms with Gasteiger partial charge >= 0.3 is 0 Å². The summed E-state index contributed by atoms with van der Waals surface area (Å²) < 4.78 is 0. The standard InChI is InChI=1S/C17H23N3OS2/c1-3-4-5-6-15(21)19-17(22)20-16-13(10-18)12-8-7-11(2)9-14(12)23-16/h11H,3-9H2,1-2H3,(H2,19,20,21,22)/t11-/m1/s1. The van der Waals surface area contributed by atoms with Crippen molar-refractivity contribution in [2.45, 2.75) is 58.8 Å². The molecule has 0 unspecified atom stereocenters. The van der Waals surface area contributed by atoms with E-state index in [4.69, 9.17) is 12.2 Å². The zero-order chi connectivity index (χ0) is 16.8. The summed E-state index contributed by atoms with van der Waals surface area (Å²) in [5.41, 5.74) is 1.86. The van der Waals surface area contributed by atoms with E-state index in [-0.39, 0.29) is 11.0 Å². The molecule has 6 heteroatoms. The number of nitrogens with zero attached hydrogens (tertiary/aromatic N) is 1. The number of rotatable bonds is 5. The van der Waals surface area contributed by atoms with Crippen LogP contribution < -0.4 is 10.6 Å². The van der Waals surface area contributed by atoms with Crippen molar-refractivity contribution in [3.63, 3.8) is 0 Å². The monoisotopic (exact) mass is 349 g/mol. The van der Waals surface area contributed by atoms with E-state index in [0.29, 0.717) is 17.9 Å². The minimum Gasteiger partial charge on any atom is -0.323 e. The molecule has 0 aromatic carbocycles. The average molecular weight is 350 g/mol. The summed E-state index contributed by atoms with van der Waals surface area (Å²) in [6, 6.07) is 2.29. The topological polar surface area (TPSA) is 64.9 Å². The lowest BCUT2D eigenvalue weighted by Crippen LogP contribution is -2.33. The molecule has 0 bridgehead atoms. The predicted octanol–water partition coefficient (Wildman–Crippen LogP) is 4.14. The Labute approximate surface area is 147 Å². The van der Waals surface area contributed by atoms with Gasteiger partial charge < -0.3 is 10.6 Å². The molecule has 0 saturated heterocycles. The summed E-state index contributed by atoms with van der Waals surface area (Å²) in [7, 11) is 0. The minimum absolute atomic E-state index is 0.0654. The van der Waals surface area contributed by atoms with Crippen LogP contribution in [0.2, 0.25) is 0 Å². The Bertz CT molecular complexity index is 631. The fourth-order valence-electron chi connectivity index (χ4n) is 2.82. The van der Waals surface area contributed by atoms with Gasteiger partial charge in [-0.25, -0.2) is 0 Å². The zero-order valence-electron chi connectivity index (χ0n) is 13.7. The third-order valence-corrected chi connectivity index (χ3v) is 5.48. The molecule has 2 N–H and O–H groups in total. The number of unbranched alkanes of at least 4 members (excludes halogenated alkanes) is 2. The normalized spacial score (nSPS) is 16.3. The molecule has 1 aromatic heterocycles. The molecule has 0 radical (unpaired) electrons. The lowest BCUT2D eigenvalue weighted by Gasteiger charge is -2.17. The summed E-state index contributed by atoms with van der Waals surface area (Å²) in [6.07, 6.45) is 6.58. The van der Waals surface area contributed by atoms with Crippen molar-refractivity contribution in [2.75, 3.05) is 5.32 Å². The summed E-state index contributed by atoms with van der Waals surface area (Å²) in [5.74, 6) is 0.593. The molecule has 124 valence electrons. The Morgan fingerprint density at radius 2 is 2.26 bits per heavy atom. The Hall–Kier alpha value is -1.45. The minimum atomic E-state index is -0.0654. The first-order valence-electron chi connectivity index (χ1n) is 8.20. The summed E-state index contributed by atoms with van der Waals surface area (Å²) in [5, 5.41) is 16.3. The van der Waals surface area contributed by atoms with Crippen LogP contribution in [0.3, 0.4) is 0 Å². The number of anilines is 1. The van der Waals surface area contributed by atoms with E-state index in [0.717, 1.165) is 49.1 Å². The second-order valence-corrected chi connectivity index (χ2v) is 7.64. The third kappa shape index (κ3) is 4.76. The molecule has 2 rings (SSSR count). The lowest BCUT2D eigenvalue weighted by atomic mass is 9.89. The molecule has 1 atom stereocenters. The Kier molecular flexibility index (Phi) is 6.55. The number of hydrogen-bond donors (Lipinski definition) is 2. The molecule has 0 saturated carbocycles. The molecule has 4 nitrogen and oxygen atoms in total. The van der Waals surface area contributed by atoms with Crippen molar-refractivity contribution in [3.05, 3.63) is 16.0 Å². The highest BCUT2D eigenvalue weighted by atomic mass is 32.1. The number of thiophene rings is 1. The smallest absolute Gasteiger partial charge is 0.226 e. The van der Waals surface area contributed by atoms with Crippen LogP contribution in [0.15, 0.2) is 0 Å². The zero-order valence-corrected chi connectivity index (χ0v) is 15.3. The molecule has 1 aliphatic carbocycles. The SMILES string of the molecule is CCCCCC(=O)NC(=S)Nc1sc2c(c1C#N)CC[C@@H](C)C2. The van der Waals surface area contributed by atoms with Gasteiger partial charge in [-0.2, -0.15) is 5.26 Å². The average Bonchev–Trinajstić information content (AvgIpc) is 2.83. The molecule has 0 spiro atoms. The maximum atomic E-state index is 11.8. The molecule has 1 aliphatic rings. The number of thiocarbonyl (C=S) groups is 1. The van der Waals surface area contributed by atoms with Gasteiger partial charge in [-0.3, -0.25) is 4.79 Å². The quantitative estimate of drug-likeness (QED) is 0.619. The fourth-order valence-corrected chi connectivity index (χ4v) is 4.46. The second-order valence-electron chi connectivity index (χ2n) is 6.13. The lowest BCUT2D eigenvalue weighted by molar-refractivity contribution is -0.119. The van der Waals surface area contributed by atoms with E-state index in [1.165, 1.54) is 4.88 Å². The summed E-state index contributed by atoms with van der Waals surface area (Å²) in [4.78, 5) is 13.1. The van der Waals surface area contributed by atoms with Gasteiger partial charge in [-0.05, 0) is 49.4 Å². The van der Waals surface area contributed by atoms with Crippen molar-refractivity contribution in [3.8, 4) is 6.07 Å². The number of carbonyl (C=O) groups excluding carboxylic acids is 1. The largest absolute Gasteiger partial charge is 0.323 e. The number of amides is 1. The van der Waals surface area contributed by atoms with Crippen LogP contribution >= 0.6 is 23.6 Å². The molecule has 0 fully saturated rings. The van der Waals surface area contributed by atoms with Crippen LogP contribution in [0.1, 0.15) is 62.0 Å². The molecular formula is C17H23N3OS2. The first-order valence-corrected chi connectivity index (χ1v) is 9.43. The number of nitrogens with one attached hydrogen (secondary N) is 2. The van der Waals surface area contributed by atoms with Crippen molar-refractivity contribution in [1.29, 1.82) is 5.26 Å². The van der Waals surface area contributed by atoms with Crippen molar-refractivity contribution < 1.29 is 4.79 Å². The summed E-state index contributed by atoms with van der Waals surface area (Å²) in [6.45, 7) is 4.34. The van der Waals surface area contributed by atoms with E-state index >= 15 is 0 Å². The Balaban J connectivity index is 1.99. The molecule has 23 heavy (non-hydrogen) atoms. The van der Waals surface area contributed by atoms with Crippen LogP contribution in [0.4, 0.5) is 5.00 Å². The predicted molar refractivity (Wildman–Crippen MR) is 98.7 cm³/mol. The number of carbonyl (C=O) groups is 1. The number of nitriles is 1. The van der Waals surface area contributed by atoms with E-state index in [1.807, 2.05) is 0 Å². The number of fused-ring (bicyclic) bond motifs is 1. The molecule has 0 aliphatic heterocycles. The van der Waals surface area contributed by atoms with E-state index in [9.17, 15) is 10.1 Å². The van der Waals surface area contributed by atoms with Crippen LogP contribution in [-0.4, -0.2) is 11.0 Å². The van der Waals surface area contributed by atoms with Crippen molar-refractivity contribution in [1.82, 2.24) is 5.32 Å². The van der Waals surface area contributed by atoms with Gasteiger partial charge in [0, 0.05) is 11.3 Å². The van der Waals surface area contributed by atoms with Gasteiger partial charge in [0.25, 0.3) is 0 Å². The van der Waals surface area contributed by atoms with Crippen molar-refractivity contribution >= 4 is 39.6 Å². The highest BCUT2D eigenvalue weighted by Crippen LogP contribution is 2.39. The maximum Gasteiger partial charge on any atom is 0.226 e. The van der Waals surface area contributed by atoms with Crippen molar-refractivity contribution in [2.24, 2.45) is 5.92 Å². The van der Waals surface area contributed by atoms with Gasteiger partial charge in [0.2, 0.25) is 5.91 Å². The fraction of sp³-hybridized carbons (Fsp3) is 0.588. The molecular weight excluding hydrogens is 326 g/mol. The van der Waals surface area contributed by atoms with E-state index in [2.05, 4.69) is 30.6 Å². The Morgan fingerprint density at radius 3 is 2.96 bits per heavy atom. The van der Waals surface area contributed by atoms with E-state index in [1.54, 1.807) is 11.3 Å². The molecule has 1 aromatic rings. The molecule has 1 heterocycles. The van der Waals surface area contributed by atoms with Gasteiger partial charge in [-0.15, -0.1) is 11.3 Å². The van der Waals surface area contributed by atoms with Gasteiger partial charge in [0.1, 0.15) is 11.1 Å². The third-order valence-electron chi connectivity index (χ3n) is 4.11. The Morgan fingerprint density at radius 1 is 1.48 bits per heavy atom. The summed E-state index contributed by atoms with van der Waals surface area (Å²) >= 11 is 6.81. The highest BCUT2D eigenvalue weighted by molar-refractivity contribution is 7.80. The van der Waals surface area contributed by atoms with Crippen LogP contribution in [0.25, 0.3) is 0 Å². The van der Waals surface area contributed by atoms with Gasteiger partial charge in [-0.1, -0.05) is 26.7 Å². The first kappa shape index (κ1) is 17.9. The molecule has 1 amide bonds. The highest BCUT2D eigenvalue weighted by Gasteiger charge is 2.24. The van der Waals surface area contributed by atoms with Crippen LogP contribution in [-0.2, 0) is 17.6 Å². The number of hydrogen-bond acceptors (Lipinski definition) is 4. The van der Waals surface area contributed by atoms with Crippen LogP contribution in [0.5, 0.6) is 0 Å². The van der Waals surface area contributed by atoms with Crippen LogP contribution in [0, 0.1) is 17.2 Å². The first-order chi connectivity index (χ1) is 11.0. The van der Waals surface area contributed by atoms with Gasteiger partial charge in [0.15, 0.2) is 5.11 Å². The maximum absolute atomic E-state index is 11.8.